The molecule has 5 heteroatoms. The molecule has 0 unspecified atom stereocenters. The number of benzene rings is 1. The van der Waals surface area contributed by atoms with Gasteiger partial charge in [-0.05, 0) is 37.3 Å². The quantitative estimate of drug-likeness (QED) is 0.519. The van der Waals surface area contributed by atoms with Crippen LogP contribution in [-0.4, -0.2) is 24.0 Å². The van der Waals surface area contributed by atoms with Crippen LogP contribution in [0.25, 0.3) is 17.0 Å². The summed E-state index contributed by atoms with van der Waals surface area (Å²) in [6.45, 7) is 1.20. The number of Topliss-reactive ketones (excluding diaryl/α,β-unsaturated/α-hetero) is 1. The van der Waals surface area contributed by atoms with E-state index in [2.05, 4.69) is 0 Å². The number of furan rings is 1. The second kappa shape index (κ2) is 4.97. The number of hydrogen-bond acceptors (Lipinski definition) is 4. The molecule has 0 spiro atoms. The maximum Gasteiger partial charge on any atom is 0.339 e. The standard InChI is InChI=1S/C14H12O5/c1-8(15)12(14(16)17)7-11-6-9-5-10(18-2)3-4-13(9)19-11/h3-7H,1-2H3,(H,16,17). The first kappa shape index (κ1) is 12.9. The minimum absolute atomic E-state index is 0.314. The van der Waals surface area contributed by atoms with E-state index in [-0.39, 0.29) is 5.57 Å². The van der Waals surface area contributed by atoms with Crippen LogP contribution < -0.4 is 4.74 Å². The molecule has 0 bridgehead atoms. The summed E-state index contributed by atoms with van der Waals surface area (Å²) in [6.07, 6.45) is 1.22. The zero-order chi connectivity index (χ0) is 14.0. The van der Waals surface area contributed by atoms with Crippen molar-refractivity contribution in [1.82, 2.24) is 0 Å². The average molecular weight is 260 g/mol. The smallest absolute Gasteiger partial charge is 0.339 e. The summed E-state index contributed by atoms with van der Waals surface area (Å²) in [5, 5.41) is 9.69. The van der Waals surface area contributed by atoms with Gasteiger partial charge in [-0.15, -0.1) is 0 Å². The molecule has 1 aromatic heterocycles. The molecule has 0 aliphatic carbocycles. The van der Waals surface area contributed by atoms with Gasteiger partial charge in [-0.2, -0.15) is 0 Å². The normalized spacial score (nSPS) is 11.6. The van der Waals surface area contributed by atoms with Crippen molar-refractivity contribution >= 4 is 28.8 Å². The van der Waals surface area contributed by atoms with E-state index in [4.69, 9.17) is 14.3 Å². The van der Waals surface area contributed by atoms with Gasteiger partial charge in [-0.1, -0.05) is 0 Å². The van der Waals surface area contributed by atoms with Crippen LogP contribution in [0.3, 0.4) is 0 Å². The second-order valence-electron chi connectivity index (χ2n) is 3.97. The molecule has 2 rings (SSSR count). The number of carboxylic acid groups (broad SMARTS) is 1. The van der Waals surface area contributed by atoms with Gasteiger partial charge in [0, 0.05) is 5.39 Å². The maximum absolute atomic E-state index is 11.2. The van der Waals surface area contributed by atoms with Crippen LogP contribution in [0.2, 0.25) is 0 Å². The molecule has 19 heavy (non-hydrogen) atoms. The summed E-state index contributed by atoms with van der Waals surface area (Å²) in [4.78, 5) is 22.1. The zero-order valence-electron chi connectivity index (χ0n) is 10.5. The number of aliphatic carboxylic acids is 1. The molecule has 0 aliphatic heterocycles. The van der Waals surface area contributed by atoms with Crippen LogP contribution in [0.15, 0.2) is 34.3 Å². The van der Waals surface area contributed by atoms with Crippen molar-refractivity contribution in [2.24, 2.45) is 0 Å². The summed E-state index contributed by atoms with van der Waals surface area (Å²) in [7, 11) is 1.56. The highest BCUT2D eigenvalue weighted by molar-refractivity contribution is 6.19. The number of carbonyl (C=O) groups excluding carboxylic acids is 1. The number of rotatable bonds is 4. The lowest BCUT2D eigenvalue weighted by atomic mass is 10.1. The third kappa shape index (κ3) is 2.65. The Bertz CT molecular complexity index is 662. The molecular weight excluding hydrogens is 248 g/mol. The van der Waals surface area contributed by atoms with Gasteiger partial charge >= 0.3 is 5.97 Å². The van der Waals surface area contributed by atoms with Gasteiger partial charge in [0.15, 0.2) is 5.78 Å². The Hall–Kier alpha value is -2.56. The first-order valence-corrected chi connectivity index (χ1v) is 5.55. The van der Waals surface area contributed by atoms with E-state index in [0.29, 0.717) is 17.1 Å². The van der Waals surface area contributed by atoms with E-state index in [1.54, 1.807) is 31.4 Å². The maximum atomic E-state index is 11.2. The summed E-state index contributed by atoms with van der Waals surface area (Å²) in [5.74, 6) is -0.805. The molecular formula is C14H12O5. The Morgan fingerprint density at radius 2 is 2.05 bits per heavy atom. The second-order valence-corrected chi connectivity index (χ2v) is 3.97. The van der Waals surface area contributed by atoms with Crippen molar-refractivity contribution in [1.29, 1.82) is 0 Å². The van der Waals surface area contributed by atoms with Crippen molar-refractivity contribution in [2.75, 3.05) is 7.11 Å². The Morgan fingerprint density at radius 3 is 2.63 bits per heavy atom. The molecule has 0 atom stereocenters. The molecule has 2 aromatic rings. The van der Waals surface area contributed by atoms with E-state index >= 15 is 0 Å². The van der Waals surface area contributed by atoms with Crippen molar-refractivity contribution in [3.63, 3.8) is 0 Å². The third-order valence-corrected chi connectivity index (χ3v) is 2.64. The number of carbonyl (C=O) groups is 2. The van der Waals surface area contributed by atoms with Gasteiger partial charge in [-0.3, -0.25) is 4.79 Å². The van der Waals surface area contributed by atoms with Crippen molar-refractivity contribution in [3.8, 4) is 5.75 Å². The molecule has 1 aromatic carbocycles. The van der Waals surface area contributed by atoms with Crippen LogP contribution in [-0.2, 0) is 9.59 Å². The average Bonchev–Trinajstić information content (AvgIpc) is 2.76. The molecule has 0 fully saturated rings. The molecule has 1 N–H and O–H groups in total. The van der Waals surface area contributed by atoms with Gasteiger partial charge < -0.3 is 14.3 Å². The van der Waals surface area contributed by atoms with Crippen LogP contribution in [0.5, 0.6) is 5.75 Å². The van der Waals surface area contributed by atoms with Gasteiger partial charge in [0.05, 0.1) is 7.11 Å². The largest absolute Gasteiger partial charge is 0.497 e. The molecule has 98 valence electrons. The Labute approximate surface area is 109 Å². The summed E-state index contributed by atoms with van der Waals surface area (Å²) in [6, 6.07) is 6.89. The van der Waals surface area contributed by atoms with Crippen LogP contribution >= 0.6 is 0 Å². The number of ketones is 1. The molecule has 0 aliphatic rings. The Kier molecular flexibility index (Phi) is 3.37. The fraction of sp³-hybridized carbons (Fsp3) is 0.143. The molecule has 0 amide bonds. The summed E-state index contributed by atoms with van der Waals surface area (Å²) >= 11 is 0. The molecule has 0 radical (unpaired) electrons. The minimum atomic E-state index is -1.27. The highest BCUT2D eigenvalue weighted by Crippen LogP contribution is 2.25. The molecule has 1 heterocycles. The van der Waals surface area contributed by atoms with E-state index in [1.807, 2.05) is 0 Å². The molecule has 0 saturated heterocycles. The van der Waals surface area contributed by atoms with Crippen LogP contribution in [0.1, 0.15) is 12.7 Å². The first-order chi connectivity index (χ1) is 9.01. The Morgan fingerprint density at radius 1 is 1.32 bits per heavy atom. The lowest BCUT2D eigenvalue weighted by molar-refractivity contribution is -0.134. The highest BCUT2D eigenvalue weighted by Gasteiger charge is 2.14. The number of methoxy groups -OCH3 is 1. The first-order valence-electron chi connectivity index (χ1n) is 5.55. The van der Waals surface area contributed by atoms with Crippen molar-refractivity contribution < 1.29 is 23.8 Å². The van der Waals surface area contributed by atoms with Crippen molar-refractivity contribution in [3.05, 3.63) is 35.6 Å². The third-order valence-electron chi connectivity index (χ3n) is 2.64. The highest BCUT2D eigenvalue weighted by atomic mass is 16.5. The van der Waals surface area contributed by atoms with Crippen LogP contribution in [0, 0.1) is 0 Å². The summed E-state index contributed by atoms with van der Waals surface area (Å²) in [5.41, 5.74) is 0.284. The topological polar surface area (TPSA) is 76.7 Å². The predicted molar refractivity (Wildman–Crippen MR) is 69.1 cm³/mol. The lowest BCUT2D eigenvalue weighted by Gasteiger charge is -1.96. The SMILES string of the molecule is COc1ccc2oc(C=C(C(C)=O)C(=O)O)cc2c1. The predicted octanol–water partition coefficient (Wildman–Crippen LogP) is 2.50. The monoisotopic (exact) mass is 260 g/mol. The van der Waals surface area contributed by atoms with Crippen molar-refractivity contribution in [2.45, 2.75) is 6.92 Å². The van der Waals surface area contributed by atoms with Gasteiger partial charge in [0.1, 0.15) is 22.7 Å². The number of fused-ring (bicyclic) bond motifs is 1. The molecule has 5 nitrogen and oxygen atoms in total. The lowest BCUT2D eigenvalue weighted by Crippen LogP contribution is -2.08. The zero-order valence-corrected chi connectivity index (χ0v) is 10.5. The summed E-state index contributed by atoms with van der Waals surface area (Å²) < 4.78 is 10.5. The fourth-order valence-electron chi connectivity index (χ4n) is 1.70. The van der Waals surface area contributed by atoms with E-state index in [1.165, 1.54) is 13.0 Å². The van der Waals surface area contributed by atoms with E-state index < -0.39 is 11.8 Å². The minimum Gasteiger partial charge on any atom is -0.497 e. The molecule has 0 saturated carbocycles. The van der Waals surface area contributed by atoms with E-state index in [9.17, 15) is 9.59 Å². The van der Waals surface area contributed by atoms with Crippen LogP contribution in [0.4, 0.5) is 0 Å². The van der Waals surface area contributed by atoms with E-state index in [0.717, 1.165) is 5.39 Å². The number of ether oxygens (including phenoxy) is 1. The fourth-order valence-corrected chi connectivity index (χ4v) is 1.70. The van der Waals surface area contributed by atoms with Gasteiger partial charge in [0.2, 0.25) is 0 Å². The van der Waals surface area contributed by atoms with Gasteiger partial charge in [-0.25, -0.2) is 4.79 Å². The Balaban J connectivity index is 2.49. The number of carboxylic acids is 1. The number of hydrogen-bond donors (Lipinski definition) is 1. The van der Waals surface area contributed by atoms with Gasteiger partial charge in [0.25, 0.3) is 0 Å².